The van der Waals surface area contributed by atoms with Crippen molar-refractivity contribution in [2.24, 2.45) is 4.99 Å². The number of aliphatic imine (C=N–C) groups is 1. The molecule has 0 spiro atoms. The van der Waals surface area contributed by atoms with Gasteiger partial charge in [0, 0.05) is 25.8 Å². The molecule has 3 heterocycles. The number of furan rings is 1. The molecule has 0 unspecified atom stereocenters. The molecule has 3 rings (SSSR count). The van der Waals surface area contributed by atoms with E-state index in [9.17, 15) is 4.79 Å². The van der Waals surface area contributed by atoms with E-state index in [0.717, 1.165) is 18.0 Å². The fraction of sp³-hybridized carbons (Fsp3) is 0.294. The molecule has 0 atom stereocenters. The Labute approximate surface area is 173 Å². The number of nitrogens with one attached hydrogen (secondary N) is 3. The minimum absolute atomic E-state index is 0. The van der Waals surface area contributed by atoms with Crippen LogP contribution in [0.5, 0.6) is 0 Å². The smallest absolute Gasteiger partial charge is 0.287 e. The highest BCUT2D eigenvalue weighted by Gasteiger charge is 2.07. The number of fused-ring (bicyclic) bond motifs is 1. The molecule has 3 N–H and O–H groups in total. The minimum Gasteiger partial charge on any atom is -0.459 e. The summed E-state index contributed by atoms with van der Waals surface area (Å²) in [7, 11) is 0. The first-order valence-corrected chi connectivity index (χ1v) is 8.40. The van der Waals surface area contributed by atoms with E-state index < -0.39 is 0 Å². The number of hydrogen-bond donors (Lipinski definition) is 3. The minimum atomic E-state index is -0.242. The molecule has 10 heteroatoms. The van der Waals surface area contributed by atoms with E-state index in [1.54, 1.807) is 12.1 Å². The fourth-order valence-electron chi connectivity index (χ4n) is 2.34. The van der Waals surface area contributed by atoms with Crippen LogP contribution in [-0.2, 0) is 6.54 Å². The van der Waals surface area contributed by atoms with Crippen LogP contribution < -0.4 is 16.0 Å². The Kier molecular flexibility index (Phi) is 8.04. The van der Waals surface area contributed by atoms with E-state index in [4.69, 9.17) is 4.42 Å². The summed E-state index contributed by atoms with van der Waals surface area (Å²) in [5.74, 6) is 1.45. The lowest BCUT2D eigenvalue weighted by atomic mass is 10.4. The number of carbonyl (C=O) groups excluding carboxylic acids is 1. The van der Waals surface area contributed by atoms with Crippen LogP contribution in [-0.4, -0.2) is 46.1 Å². The predicted octanol–water partition coefficient (Wildman–Crippen LogP) is 1.43. The molecular formula is C17H22IN7O2. The highest BCUT2D eigenvalue weighted by atomic mass is 127. The van der Waals surface area contributed by atoms with Crippen molar-refractivity contribution in [3.8, 4) is 0 Å². The normalized spacial score (nSPS) is 11.1. The molecule has 27 heavy (non-hydrogen) atoms. The zero-order valence-corrected chi connectivity index (χ0v) is 17.2. The van der Waals surface area contributed by atoms with Crippen molar-refractivity contribution in [3.63, 3.8) is 0 Å². The van der Waals surface area contributed by atoms with Gasteiger partial charge >= 0.3 is 0 Å². The van der Waals surface area contributed by atoms with Crippen molar-refractivity contribution in [1.29, 1.82) is 0 Å². The highest BCUT2D eigenvalue weighted by molar-refractivity contribution is 14.0. The van der Waals surface area contributed by atoms with Crippen LogP contribution in [0.25, 0.3) is 5.65 Å². The zero-order valence-electron chi connectivity index (χ0n) is 14.9. The van der Waals surface area contributed by atoms with Crippen LogP contribution in [0.2, 0.25) is 0 Å². The van der Waals surface area contributed by atoms with Crippen LogP contribution in [0.1, 0.15) is 23.3 Å². The molecule has 0 saturated heterocycles. The van der Waals surface area contributed by atoms with Gasteiger partial charge in [-0.2, -0.15) is 0 Å². The largest absolute Gasteiger partial charge is 0.459 e. The molecule has 0 bridgehead atoms. The van der Waals surface area contributed by atoms with Gasteiger partial charge in [0.15, 0.2) is 23.2 Å². The average Bonchev–Trinajstić information content (AvgIpc) is 3.33. The molecule has 0 aliphatic rings. The molecule has 144 valence electrons. The van der Waals surface area contributed by atoms with Crippen LogP contribution in [0.15, 0.2) is 52.2 Å². The van der Waals surface area contributed by atoms with Crippen molar-refractivity contribution in [2.45, 2.75) is 13.5 Å². The summed E-state index contributed by atoms with van der Waals surface area (Å²) in [4.78, 5) is 16.3. The lowest BCUT2D eigenvalue weighted by molar-refractivity contribution is 0.0926. The summed E-state index contributed by atoms with van der Waals surface area (Å²) in [5, 5.41) is 17.4. The summed E-state index contributed by atoms with van der Waals surface area (Å²) in [5.41, 5.74) is 0.788. The average molecular weight is 483 g/mol. The molecule has 0 saturated carbocycles. The monoisotopic (exact) mass is 483 g/mol. The van der Waals surface area contributed by atoms with Gasteiger partial charge in [0.2, 0.25) is 0 Å². The standard InChI is InChI=1S/C17H21N7O2.HI/c1-2-18-17(20-9-8-19-16(25)13-6-5-11-26-13)21-12-15-23-22-14-7-3-4-10-24(14)15;/h3-7,10-11H,2,8-9,12H2,1H3,(H,19,25)(H2,18,20,21);1H. The predicted molar refractivity (Wildman–Crippen MR) is 112 cm³/mol. The molecule has 0 aromatic carbocycles. The summed E-state index contributed by atoms with van der Waals surface area (Å²) < 4.78 is 6.94. The van der Waals surface area contributed by atoms with Crippen LogP contribution in [0.4, 0.5) is 0 Å². The molecule has 3 aromatic rings. The van der Waals surface area contributed by atoms with E-state index in [1.165, 1.54) is 6.26 Å². The Morgan fingerprint density at radius 2 is 2.00 bits per heavy atom. The zero-order chi connectivity index (χ0) is 18.2. The van der Waals surface area contributed by atoms with Gasteiger partial charge in [-0.3, -0.25) is 9.20 Å². The molecule has 9 nitrogen and oxygen atoms in total. The third-order valence-electron chi connectivity index (χ3n) is 3.56. The Morgan fingerprint density at radius 1 is 1.15 bits per heavy atom. The number of halogens is 1. The second-order valence-corrected chi connectivity index (χ2v) is 5.40. The van der Waals surface area contributed by atoms with Gasteiger partial charge in [0.25, 0.3) is 5.91 Å². The van der Waals surface area contributed by atoms with Gasteiger partial charge in [0.05, 0.1) is 6.26 Å². The fourth-order valence-corrected chi connectivity index (χ4v) is 2.34. The molecule has 0 aliphatic carbocycles. The number of nitrogens with zero attached hydrogens (tertiary/aromatic N) is 4. The maximum atomic E-state index is 11.8. The second kappa shape index (κ2) is 10.5. The van der Waals surface area contributed by atoms with Gasteiger partial charge in [-0.15, -0.1) is 34.2 Å². The topological polar surface area (TPSA) is 109 Å². The van der Waals surface area contributed by atoms with Crippen molar-refractivity contribution >= 4 is 41.5 Å². The van der Waals surface area contributed by atoms with Crippen molar-refractivity contribution in [1.82, 2.24) is 30.5 Å². The maximum absolute atomic E-state index is 11.8. The van der Waals surface area contributed by atoms with Crippen LogP contribution in [0, 0.1) is 0 Å². The Hall–Kier alpha value is -2.63. The number of carbonyl (C=O) groups is 1. The lowest BCUT2D eigenvalue weighted by Gasteiger charge is -2.11. The van der Waals surface area contributed by atoms with E-state index in [-0.39, 0.29) is 29.9 Å². The summed E-state index contributed by atoms with van der Waals surface area (Å²) in [6.07, 6.45) is 3.38. The number of aromatic nitrogens is 3. The summed E-state index contributed by atoms with van der Waals surface area (Å²) in [6.45, 7) is 4.07. The summed E-state index contributed by atoms with van der Waals surface area (Å²) in [6, 6.07) is 9.04. The van der Waals surface area contributed by atoms with Gasteiger partial charge < -0.3 is 20.4 Å². The van der Waals surface area contributed by atoms with Crippen molar-refractivity contribution in [2.75, 3.05) is 19.6 Å². The van der Waals surface area contributed by atoms with Gasteiger partial charge in [0.1, 0.15) is 6.54 Å². The number of amides is 1. The number of hydrogen-bond acceptors (Lipinski definition) is 5. The number of pyridine rings is 1. The number of guanidine groups is 1. The highest BCUT2D eigenvalue weighted by Crippen LogP contribution is 2.03. The molecule has 1 amide bonds. The Morgan fingerprint density at radius 3 is 2.78 bits per heavy atom. The third kappa shape index (κ3) is 5.67. The van der Waals surface area contributed by atoms with Crippen molar-refractivity contribution in [3.05, 3.63) is 54.4 Å². The number of rotatable bonds is 7. The second-order valence-electron chi connectivity index (χ2n) is 5.40. The van der Waals surface area contributed by atoms with E-state index in [1.807, 2.05) is 35.7 Å². The first kappa shape index (κ1) is 20.7. The van der Waals surface area contributed by atoms with E-state index in [2.05, 4.69) is 31.1 Å². The van der Waals surface area contributed by atoms with Crippen molar-refractivity contribution < 1.29 is 9.21 Å². The molecule has 3 aromatic heterocycles. The molecular weight excluding hydrogens is 461 g/mol. The van der Waals surface area contributed by atoms with E-state index in [0.29, 0.717) is 31.4 Å². The Balaban J connectivity index is 0.00000261. The maximum Gasteiger partial charge on any atom is 0.287 e. The van der Waals surface area contributed by atoms with Crippen LogP contribution >= 0.6 is 24.0 Å². The lowest BCUT2D eigenvalue weighted by Crippen LogP contribution is -2.41. The molecule has 0 aliphatic heterocycles. The SMILES string of the molecule is CCNC(=NCc1nnc2ccccn12)NCCNC(=O)c1ccco1.I. The Bertz CT molecular complexity index is 876. The summed E-state index contributed by atoms with van der Waals surface area (Å²) >= 11 is 0. The molecule has 0 fully saturated rings. The van der Waals surface area contributed by atoms with Crippen LogP contribution in [0.3, 0.4) is 0 Å². The first-order chi connectivity index (χ1) is 12.8. The first-order valence-electron chi connectivity index (χ1n) is 8.40. The van der Waals surface area contributed by atoms with Gasteiger partial charge in [-0.25, -0.2) is 4.99 Å². The van der Waals surface area contributed by atoms with Gasteiger partial charge in [-0.05, 0) is 31.2 Å². The van der Waals surface area contributed by atoms with E-state index >= 15 is 0 Å². The molecule has 0 radical (unpaired) electrons. The third-order valence-corrected chi connectivity index (χ3v) is 3.56. The van der Waals surface area contributed by atoms with Gasteiger partial charge in [-0.1, -0.05) is 6.07 Å². The quantitative estimate of drug-likeness (QED) is 0.203.